The third kappa shape index (κ3) is 4.80. The minimum Gasteiger partial charge on any atom is -0.469 e. The lowest BCUT2D eigenvalue weighted by atomic mass is 10.1. The summed E-state index contributed by atoms with van der Waals surface area (Å²) >= 11 is 0. The molecule has 0 aliphatic carbocycles. The van der Waals surface area contributed by atoms with Gasteiger partial charge in [0.1, 0.15) is 0 Å². The lowest BCUT2D eigenvalue weighted by molar-refractivity contribution is -0.141. The summed E-state index contributed by atoms with van der Waals surface area (Å²) < 4.78 is 4.53. The van der Waals surface area contributed by atoms with E-state index in [2.05, 4.69) is 10.1 Å². The third-order valence-electron chi connectivity index (χ3n) is 2.55. The molecule has 0 bridgehead atoms. The molecule has 0 fully saturated rings. The average molecular weight is 260 g/mol. The van der Waals surface area contributed by atoms with E-state index < -0.39 is 0 Å². The van der Waals surface area contributed by atoms with Gasteiger partial charge in [0.15, 0.2) is 0 Å². The van der Waals surface area contributed by atoms with Gasteiger partial charge in [-0.25, -0.2) is 0 Å². The minimum absolute atomic E-state index is 0.125. The summed E-state index contributed by atoms with van der Waals surface area (Å²) in [5.74, 6) is -0.637. The molecule has 0 aliphatic rings. The van der Waals surface area contributed by atoms with E-state index in [-0.39, 0.29) is 30.8 Å². The van der Waals surface area contributed by atoms with Crippen LogP contribution in [0.15, 0.2) is 24.3 Å². The van der Waals surface area contributed by atoms with E-state index in [1.807, 2.05) is 6.07 Å². The van der Waals surface area contributed by atoms with Crippen molar-refractivity contribution in [3.8, 4) is 6.07 Å². The van der Waals surface area contributed by atoms with Crippen molar-refractivity contribution in [3.05, 3.63) is 35.4 Å². The van der Waals surface area contributed by atoms with E-state index in [0.29, 0.717) is 5.56 Å². The predicted octanol–water partition coefficient (Wildman–Crippen LogP) is 1.43. The van der Waals surface area contributed by atoms with E-state index in [4.69, 9.17) is 5.26 Å². The van der Waals surface area contributed by atoms with E-state index in [0.717, 1.165) is 5.56 Å². The summed E-state index contributed by atoms with van der Waals surface area (Å²) in [6.45, 7) is 1.73. The lowest BCUT2D eigenvalue weighted by Gasteiger charge is -2.12. The Bertz CT molecular complexity index is 506. The highest BCUT2D eigenvalue weighted by atomic mass is 16.5. The van der Waals surface area contributed by atoms with Crippen molar-refractivity contribution in [2.45, 2.75) is 25.8 Å². The number of hydrogen-bond acceptors (Lipinski definition) is 4. The molecular weight excluding hydrogens is 244 g/mol. The second-order valence-electron chi connectivity index (χ2n) is 4.19. The average Bonchev–Trinajstić information content (AvgIpc) is 2.39. The van der Waals surface area contributed by atoms with Crippen molar-refractivity contribution < 1.29 is 14.3 Å². The quantitative estimate of drug-likeness (QED) is 0.812. The molecule has 100 valence electrons. The van der Waals surface area contributed by atoms with Gasteiger partial charge in [0.2, 0.25) is 0 Å². The first-order valence-corrected chi connectivity index (χ1v) is 5.90. The molecule has 0 radical (unpaired) electrons. The molecule has 5 nitrogen and oxygen atoms in total. The van der Waals surface area contributed by atoms with Crippen molar-refractivity contribution in [1.82, 2.24) is 5.32 Å². The number of hydrogen-bond donors (Lipinski definition) is 1. The van der Waals surface area contributed by atoms with Gasteiger partial charge in [-0.1, -0.05) is 12.1 Å². The molecule has 1 N–H and O–H groups in total. The van der Waals surface area contributed by atoms with Gasteiger partial charge >= 0.3 is 5.97 Å². The van der Waals surface area contributed by atoms with Crippen LogP contribution in [0.3, 0.4) is 0 Å². The maximum atomic E-state index is 11.9. The molecule has 0 heterocycles. The molecule has 0 aromatic heterocycles. The van der Waals surface area contributed by atoms with Crippen LogP contribution >= 0.6 is 0 Å². The number of nitriles is 1. The predicted molar refractivity (Wildman–Crippen MR) is 69.3 cm³/mol. The molecule has 1 aromatic carbocycles. The van der Waals surface area contributed by atoms with Crippen LogP contribution in [0.4, 0.5) is 0 Å². The number of amides is 1. The molecule has 1 aromatic rings. The monoisotopic (exact) mass is 260 g/mol. The zero-order chi connectivity index (χ0) is 14.3. The molecule has 0 saturated carbocycles. The van der Waals surface area contributed by atoms with Gasteiger partial charge in [-0.05, 0) is 24.6 Å². The first-order chi connectivity index (χ1) is 9.06. The van der Waals surface area contributed by atoms with Gasteiger partial charge in [-0.2, -0.15) is 5.26 Å². The second kappa shape index (κ2) is 7.17. The number of nitrogens with one attached hydrogen (secondary N) is 1. The number of esters is 1. The molecule has 1 amide bonds. The Balaban J connectivity index is 2.65. The van der Waals surface area contributed by atoms with Gasteiger partial charge in [0.05, 0.1) is 26.0 Å². The lowest BCUT2D eigenvalue weighted by Crippen LogP contribution is -2.34. The van der Waals surface area contributed by atoms with Gasteiger partial charge in [0, 0.05) is 11.6 Å². The molecule has 19 heavy (non-hydrogen) atoms. The topological polar surface area (TPSA) is 79.2 Å². The van der Waals surface area contributed by atoms with Gasteiger partial charge in [-0.15, -0.1) is 0 Å². The smallest absolute Gasteiger partial charge is 0.307 e. The van der Waals surface area contributed by atoms with Crippen molar-refractivity contribution in [2.75, 3.05) is 7.11 Å². The maximum Gasteiger partial charge on any atom is 0.307 e. The summed E-state index contributed by atoms with van der Waals surface area (Å²) in [6, 6.07) is 8.58. The van der Waals surface area contributed by atoms with Gasteiger partial charge in [-0.3, -0.25) is 9.59 Å². The molecule has 0 unspecified atom stereocenters. The normalized spacial score (nSPS) is 11.2. The van der Waals surface area contributed by atoms with E-state index in [1.165, 1.54) is 7.11 Å². The highest BCUT2D eigenvalue weighted by Gasteiger charge is 2.13. The fraction of sp³-hybridized carbons (Fsp3) is 0.357. The van der Waals surface area contributed by atoms with Gasteiger partial charge < -0.3 is 10.1 Å². The van der Waals surface area contributed by atoms with E-state index in [1.54, 1.807) is 31.2 Å². The standard InChI is InChI=1S/C14H16N2O3/c1-10(8-13(17)19-2)16-14(18)12-5-3-4-11(9-12)6-7-15/h3-5,9-10H,6,8H2,1-2H3,(H,16,18)/t10-/m0/s1. The van der Waals surface area contributed by atoms with Crippen LogP contribution < -0.4 is 5.32 Å². The van der Waals surface area contributed by atoms with Crippen molar-refractivity contribution in [2.24, 2.45) is 0 Å². The van der Waals surface area contributed by atoms with Crippen molar-refractivity contribution >= 4 is 11.9 Å². The van der Waals surface area contributed by atoms with Crippen LogP contribution in [0.2, 0.25) is 0 Å². The molecule has 1 atom stereocenters. The number of carbonyl (C=O) groups is 2. The van der Waals surface area contributed by atoms with E-state index >= 15 is 0 Å². The largest absolute Gasteiger partial charge is 0.469 e. The molecule has 1 rings (SSSR count). The molecule has 0 aliphatic heterocycles. The first kappa shape index (κ1) is 14.7. The van der Waals surface area contributed by atoms with Crippen LogP contribution in [0.25, 0.3) is 0 Å². The summed E-state index contributed by atoms with van der Waals surface area (Å²) in [5.41, 5.74) is 1.26. The number of benzene rings is 1. The van der Waals surface area contributed by atoms with Crippen LogP contribution in [-0.4, -0.2) is 25.0 Å². The maximum absolute atomic E-state index is 11.9. The zero-order valence-corrected chi connectivity index (χ0v) is 11.0. The Morgan fingerprint density at radius 2 is 2.21 bits per heavy atom. The Kier molecular flexibility index (Phi) is 5.55. The summed E-state index contributed by atoms with van der Waals surface area (Å²) in [7, 11) is 1.31. The molecule has 0 spiro atoms. The van der Waals surface area contributed by atoms with Gasteiger partial charge in [0.25, 0.3) is 5.91 Å². The number of ether oxygens (including phenoxy) is 1. The SMILES string of the molecule is COC(=O)C[C@H](C)NC(=O)c1cccc(CC#N)c1. The number of carbonyl (C=O) groups excluding carboxylic acids is 2. The van der Waals surface area contributed by atoms with Crippen molar-refractivity contribution in [3.63, 3.8) is 0 Å². The van der Waals surface area contributed by atoms with Crippen LogP contribution in [0, 0.1) is 11.3 Å². The number of rotatable bonds is 5. The fourth-order valence-electron chi connectivity index (χ4n) is 1.61. The summed E-state index contributed by atoms with van der Waals surface area (Å²) in [6.07, 6.45) is 0.388. The zero-order valence-electron chi connectivity index (χ0n) is 11.0. The first-order valence-electron chi connectivity index (χ1n) is 5.90. The highest BCUT2D eigenvalue weighted by molar-refractivity contribution is 5.94. The molecule has 5 heteroatoms. The molecular formula is C14H16N2O3. The highest BCUT2D eigenvalue weighted by Crippen LogP contribution is 2.06. The van der Waals surface area contributed by atoms with Crippen LogP contribution in [0.1, 0.15) is 29.3 Å². The minimum atomic E-state index is -0.369. The number of methoxy groups -OCH3 is 1. The summed E-state index contributed by atoms with van der Waals surface area (Å²) in [4.78, 5) is 23.0. The fourth-order valence-corrected chi connectivity index (χ4v) is 1.61. The summed E-state index contributed by atoms with van der Waals surface area (Å²) in [5, 5.41) is 11.3. The Hall–Kier alpha value is -2.35. The second-order valence-corrected chi connectivity index (χ2v) is 4.19. The Labute approximate surface area is 112 Å². The van der Waals surface area contributed by atoms with Crippen LogP contribution in [0.5, 0.6) is 0 Å². The third-order valence-corrected chi connectivity index (χ3v) is 2.55. The van der Waals surface area contributed by atoms with Crippen molar-refractivity contribution in [1.29, 1.82) is 5.26 Å². The van der Waals surface area contributed by atoms with Crippen LogP contribution in [-0.2, 0) is 16.0 Å². The Morgan fingerprint density at radius 3 is 2.84 bits per heavy atom. The number of nitrogens with zero attached hydrogens (tertiary/aromatic N) is 1. The van der Waals surface area contributed by atoms with E-state index in [9.17, 15) is 9.59 Å². The Morgan fingerprint density at radius 1 is 1.47 bits per heavy atom. The molecule has 0 saturated heterocycles.